The molecule has 0 radical (unpaired) electrons. The van der Waals surface area contributed by atoms with Crippen LogP contribution in [0.5, 0.6) is 5.75 Å². The normalized spacial score (nSPS) is 11.4. The molecular formula is C14H12ClF3N2O. The van der Waals surface area contributed by atoms with Crippen LogP contribution in [0.1, 0.15) is 11.1 Å². The minimum absolute atomic E-state index is 0.0774. The smallest absolute Gasteiger partial charge is 0.416 e. The van der Waals surface area contributed by atoms with E-state index in [0.717, 1.165) is 17.7 Å². The Kier molecular flexibility index (Phi) is 4.57. The van der Waals surface area contributed by atoms with Crippen LogP contribution in [0.25, 0.3) is 0 Å². The third-order valence-corrected chi connectivity index (χ3v) is 2.97. The molecule has 112 valence electrons. The molecule has 1 heterocycles. The first-order valence-corrected chi connectivity index (χ1v) is 6.49. The van der Waals surface area contributed by atoms with E-state index in [4.69, 9.17) is 16.7 Å². The number of rotatable bonds is 4. The average molecular weight is 317 g/mol. The Morgan fingerprint density at radius 2 is 1.81 bits per heavy atom. The zero-order chi connectivity index (χ0) is 15.5. The highest BCUT2D eigenvalue weighted by molar-refractivity contribution is 6.29. The number of benzene rings is 1. The van der Waals surface area contributed by atoms with E-state index < -0.39 is 11.7 Å². The van der Waals surface area contributed by atoms with Crippen LogP contribution in [-0.2, 0) is 12.6 Å². The van der Waals surface area contributed by atoms with Crippen molar-refractivity contribution in [1.82, 2.24) is 4.98 Å². The molecule has 21 heavy (non-hydrogen) atoms. The van der Waals surface area contributed by atoms with Gasteiger partial charge in [0, 0.05) is 6.54 Å². The molecule has 0 atom stereocenters. The number of alkyl halides is 3. The van der Waals surface area contributed by atoms with Gasteiger partial charge in [0.1, 0.15) is 16.7 Å². The summed E-state index contributed by atoms with van der Waals surface area (Å²) in [4.78, 5) is 3.81. The monoisotopic (exact) mass is 316 g/mol. The lowest BCUT2D eigenvalue weighted by molar-refractivity contribution is -0.137. The van der Waals surface area contributed by atoms with E-state index >= 15 is 0 Å². The van der Waals surface area contributed by atoms with Gasteiger partial charge in [-0.15, -0.1) is 0 Å². The van der Waals surface area contributed by atoms with Crippen LogP contribution < -0.4 is 5.32 Å². The second-order valence-electron chi connectivity index (χ2n) is 4.40. The zero-order valence-electron chi connectivity index (χ0n) is 10.8. The second kappa shape index (κ2) is 6.22. The quantitative estimate of drug-likeness (QED) is 0.834. The summed E-state index contributed by atoms with van der Waals surface area (Å²) in [5, 5.41) is 11.7. The Labute approximate surface area is 124 Å². The minimum Gasteiger partial charge on any atom is -0.508 e. The predicted molar refractivity (Wildman–Crippen MR) is 74.5 cm³/mol. The van der Waals surface area contributed by atoms with E-state index in [1.54, 1.807) is 24.3 Å². The van der Waals surface area contributed by atoms with Crippen LogP contribution in [-0.4, -0.2) is 16.6 Å². The minimum atomic E-state index is -4.46. The first-order valence-electron chi connectivity index (χ1n) is 6.11. The van der Waals surface area contributed by atoms with Gasteiger partial charge < -0.3 is 10.4 Å². The number of nitrogens with zero attached hydrogens (tertiary/aromatic N) is 1. The predicted octanol–water partition coefficient (Wildman–Crippen LogP) is 4.11. The van der Waals surface area contributed by atoms with Gasteiger partial charge in [-0.25, -0.2) is 4.98 Å². The molecule has 1 aromatic heterocycles. The number of pyridine rings is 1. The maximum atomic E-state index is 12.6. The highest BCUT2D eigenvalue weighted by atomic mass is 35.5. The number of hydrogen-bond acceptors (Lipinski definition) is 3. The third-order valence-electron chi connectivity index (χ3n) is 2.78. The summed E-state index contributed by atoms with van der Waals surface area (Å²) < 4.78 is 37.9. The first kappa shape index (κ1) is 15.4. The lowest BCUT2D eigenvalue weighted by Gasteiger charge is -2.11. The summed E-state index contributed by atoms with van der Waals surface area (Å²) >= 11 is 5.59. The van der Waals surface area contributed by atoms with E-state index in [1.807, 2.05) is 0 Å². The fourth-order valence-electron chi connectivity index (χ4n) is 1.75. The Morgan fingerprint density at radius 1 is 1.14 bits per heavy atom. The lowest BCUT2D eigenvalue weighted by Crippen LogP contribution is -2.10. The molecule has 0 aliphatic rings. The first-order chi connectivity index (χ1) is 9.84. The number of hydrogen-bond donors (Lipinski definition) is 2. The molecule has 0 aliphatic heterocycles. The molecule has 0 aliphatic carbocycles. The number of anilines is 1. The summed E-state index contributed by atoms with van der Waals surface area (Å²) in [5.41, 5.74) is 0.105. The molecule has 0 saturated carbocycles. The van der Waals surface area contributed by atoms with Gasteiger partial charge in [-0.2, -0.15) is 13.2 Å². The zero-order valence-corrected chi connectivity index (χ0v) is 11.5. The number of nitrogens with one attached hydrogen (secondary N) is 1. The highest BCUT2D eigenvalue weighted by Gasteiger charge is 2.31. The summed E-state index contributed by atoms with van der Waals surface area (Å²) in [6.07, 6.45) is -3.88. The fourth-order valence-corrected chi connectivity index (χ4v) is 1.96. The Balaban J connectivity index is 2.00. The molecule has 0 fully saturated rings. The van der Waals surface area contributed by atoms with Crippen LogP contribution in [0.2, 0.25) is 5.15 Å². The molecule has 0 spiro atoms. The van der Waals surface area contributed by atoms with Crippen molar-refractivity contribution >= 4 is 17.4 Å². The Hall–Kier alpha value is -1.95. The number of aromatic hydroxyl groups is 1. The van der Waals surface area contributed by atoms with Gasteiger partial charge in [-0.3, -0.25) is 0 Å². The van der Waals surface area contributed by atoms with E-state index in [9.17, 15) is 13.2 Å². The van der Waals surface area contributed by atoms with Gasteiger partial charge in [0.2, 0.25) is 0 Å². The Morgan fingerprint density at radius 3 is 2.43 bits per heavy atom. The van der Waals surface area contributed by atoms with Crippen molar-refractivity contribution in [2.45, 2.75) is 12.6 Å². The van der Waals surface area contributed by atoms with Gasteiger partial charge in [0.15, 0.2) is 0 Å². The number of phenols is 1. The molecule has 2 N–H and O–H groups in total. The van der Waals surface area contributed by atoms with Crippen molar-refractivity contribution in [3.63, 3.8) is 0 Å². The number of aromatic nitrogens is 1. The molecule has 2 aromatic rings. The summed E-state index contributed by atoms with van der Waals surface area (Å²) in [7, 11) is 0. The SMILES string of the molecule is Oc1ccc(CCNc2cc(C(F)(F)F)cc(Cl)n2)cc1. The molecule has 0 unspecified atom stereocenters. The molecular weight excluding hydrogens is 305 g/mol. The molecule has 0 bridgehead atoms. The van der Waals surface area contributed by atoms with Crippen LogP contribution in [0, 0.1) is 0 Å². The van der Waals surface area contributed by atoms with Crippen molar-refractivity contribution in [2.75, 3.05) is 11.9 Å². The van der Waals surface area contributed by atoms with Gasteiger partial charge >= 0.3 is 6.18 Å². The average Bonchev–Trinajstić information content (AvgIpc) is 2.39. The molecule has 2 rings (SSSR count). The van der Waals surface area contributed by atoms with E-state index in [0.29, 0.717) is 13.0 Å². The van der Waals surface area contributed by atoms with E-state index in [-0.39, 0.29) is 16.7 Å². The van der Waals surface area contributed by atoms with Crippen LogP contribution in [0.4, 0.5) is 19.0 Å². The molecule has 3 nitrogen and oxygen atoms in total. The standard InChI is InChI=1S/C14H12ClF3N2O/c15-12-7-10(14(16,17)18)8-13(20-12)19-6-5-9-1-3-11(21)4-2-9/h1-4,7-8,21H,5-6H2,(H,19,20). The molecule has 7 heteroatoms. The summed E-state index contributed by atoms with van der Waals surface area (Å²) in [5.74, 6) is 0.242. The van der Waals surface area contributed by atoms with Gasteiger partial charge in [-0.05, 0) is 36.2 Å². The van der Waals surface area contributed by atoms with Crippen LogP contribution in [0.3, 0.4) is 0 Å². The van der Waals surface area contributed by atoms with E-state index in [1.165, 1.54) is 0 Å². The van der Waals surface area contributed by atoms with Gasteiger partial charge in [0.25, 0.3) is 0 Å². The van der Waals surface area contributed by atoms with Crippen molar-refractivity contribution in [1.29, 1.82) is 0 Å². The third kappa shape index (κ3) is 4.53. The van der Waals surface area contributed by atoms with Crippen molar-refractivity contribution in [3.05, 3.63) is 52.7 Å². The summed E-state index contributed by atoms with van der Waals surface area (Å²) in [6, 6.07) is 8.28. The molecule has 0 saturated heterocycles. The molecule has 0 amide bonds. The lowest BCUT2D eigenvalue weighted by atomic mass is 10.1. The van der Waals surface area contributed by atoms with Crippen molar-refractivity contribution in [3.8, 4) is 5.75 Å². The van der Waals surface area contributed by atoms with Crippen molar-refractivity contribution < 1.29 is 18.3 Å². The maximum absolute atomic E-state index is 12.6. The largest absolute Gasteiger partial charge is 0.508 e. The molecule has 1 aromatic carbocycles. The van der Waals surface area contributed by atoms with Gasteiger partial charge in [0.05, 0.1) is 5.56 Å². The second-order valence-corrected chi connectivity index (χ2v) is 4.79. The van der Waals surface area contributed by atoms with Crippen molar-refractivity contribution in [2.24, 2.45) is 0 Å². The van der Waals surface area contributed by atoms with Gasteiger partial charge in [-0.1, -0.05) is 23.7 Å². The number of phenolic OH excluding ortho intramolecular Hbond substituents is 1. The fraction of sp³-hybridized carbons (Fsp3) is 0.214. The topological polar surface area (TPSA) is 45.1 Å². The van der Waals surface area contributed by atoms with Crippen LogP contribution >= 0.6 is 11.6 Å². The number of halogens is 4. The highest BCUT2D eigenvalue weighted by Crippen LogP contribution is 2.31. The summed E-state index contributed by atoms with van der Waals surface area (Å²) in [6.45, 7) is 0.398. The Bertz CT molecular complexity index is 615. The maximum Gasteiger partial charge on any atom is 0.416 e. The van der Waals surface area contributed by atoms with Crippen LogP contribution in [0.15, 0.2) is 36.4 Å². The van der Waals surface area contributed by atoms with E-state index in [2.05, 4.69) is 10.3 Å².